The molecule has 0 bridgehead atoms. The van der Waals surface area contributed by atoms with E-state index in [2.05, 4.69) is 29.3 Å². The number of rotatable bonds is 4. The second kappa shape index (κ2) is 5.37. The molecule has 0 aromatic carbocycles. The molecule has 1 saturated heterocycles. The molecule has 2 N–H and O–H groups in total. The van der Waals surface area contributed by atoms with E-state index < -0.39 is 5.60 Å². The van der Waals surface area contributed by atoms with E-state index in [1.54, 1.807) is 11.8 Å². The zero-order valence-electron chi connectivity index (χ0n) is 10.3. The standard InChI is InChI=1S/C11H19N3O2S/c1-8(2)17-6-9-13-10(16-14-9)11(15)4-3-5-12-7-11/h8,12,15H,3-7H2,1-2H3. The van der Waals surface area contributed by atoms with Crippen molar-refractivity contribution in [3.05, 3.63) is 11.7 Å². The summed E-state index contributed by atoms with van der Waals surface area (Å²) in [7, 11) is 0. The molecule has 0 spiro atoms. The van der Waals surface area contributed by atoms with Gasteiger partial charge in [0.15, 0.2) is 11.4 Å². The predicted octanol–water partition coefficient (Wildman–Crippen LogP) is 1.28. The number of β-amino-alcohol motifs (C(OH)–C–C–N with tert-alkyl or cyclic N) is 1. The van der Waals surface area contributed by atoms with Crippen LogP contribution in [-0.4, -0.2) is 33.6 Å². The fourth-order valence-electron chi connectivity index (χ4n) is 1.81. The zero-order chi connectivity index (χ0) is 12.3. The molecule has 1 fully saturated rings. The van der Waals surface area contributed by atoms with Crippen molar-refractivity contribution in [2.75, 3.05) is 13.1 Å². The Balaban J connectivity index is 2.01. The number of nitrogens with zero attached hydrogens (tertiary/aromatic N) is 2. The van der Waals surface area contributed by atoms with E-state index >= 15 is 0 Å². The van der Waals surface area contributed by atoms with Crippen LogP contribution >= 0.6 is 11.8 Å². The number of piperidine rings is 1. The van der Waals surface area contributed by atoms with Gasteiger partial charge in [-0.25, -0.2) is 0 Å². The van der Waals surface area contributed by atoms with Crippen LogP contribution in [0.3, 0.4) is 0 Å². The van der Waals surface area contributed by atoms with E-state index in [0.717, 1.165) is 18.7 Å². The largest absolute Gasteiger partial charge is 0.379 e. The molecule has 0 aliphatic carbocycles. The van der Waals surface area contributed by atoms with E-state index in [4.69, 9.17) is 4.52 Å². The fourth-order valence-corrected chi connectivity index (χ4v) is 2.41. The van der Waals surface area contributed by atoms with E-state index in [0.29, 0.717) is 29.9 Å². The number of nitrogens with one attached hydrogen (secondary N) is 1. The van der Waals surface area contributed by atoms with Crippen molar-refractivity contribution in [3.63, 3.8) is 0 Å². The van der Waals surface area contributed by atoms with Crippen molar-refractivity contribution in [2.45, 2.75) is 43.3 Å². The topological polar surface area (TPSA) is 71.2 Å². The molecular weight excluding hydrogens is 238 g/mol. The van der Waals surface area contributed by atoms with Crippen molar-refractivity contribution in [1.82, 2.24) is 15.5 Å². The highest BCUT2D eigenvalue weighted by molar-refractivity contribution is 7.99. The van der Waals surface area contributed by atoms with Crippen molar-refractivity contribution in [2.24, 2.45) is 0 Å². The lowest BCUT2D eigenvalue weighted by Gasteiger charge is -2.28. The van der Waals surface area contributed by atoms with Gasteiger partial charge in [-0.3, -0.25) is 0 Å². The highest BCUT2D eigenvalue weighted by atomic mass is 32.2. The van der Waals surface area contributed by atoms with Crippen LogP contribution in [-0.2, 0) is 11.4 Å². The van der Waals surface area contributed by atoms with Gasteiger partial charge in [-0.1, -0.05) is 19.0 Å². The van der Waals surface area contributed by atoms with Gasteiger partial charge in [0, 0.05) is 6.54 Å². The first kappa shape index (κ1) is 12.9. The van der Waals surface area contributed by atoms with Gasteiger partial charge in [0.2, 0.25) is 0 Å². The summed E-state index contributed by atoms with van der Waals surface area (Å²) in [5.41, 5.74) is -0.980. The second-order valence-corrected chi connectivity index (χ2v) is 6.25. The first-order valence-electron chi connectivity index (χ1n) is 5.98. The molecule has 96 valence electrons. The van der Waals surface area contributed by atoms with Gasteiger partial charge in [0.1, 0.15) is 0 Å². The minimum absolute atomic E-state index is 0.351. The highest BCUT2D eigenvalue weighted by Gasteiger charge is 2.36. The maximum absolute atomic E-state index is 10.4. The second-order valence-electron chi connectivity index (χ2n) is 4.69. The van der Waals surface area contributed by atoms with Gasteiger partial charge >= 0.3 is 0 Å². The maximum atomic E-state index is 10.4. The summed E-state index contributed by atoms with van der Waals surface area (Å²) in [6.45, 7) is 5.69. The van der Waals surface area contributed by atoms with Gasteiger partial charge in [-0.05, 0) is 24.6 Å². The molecule has 0 saturated carbocycles. The average Bonchev–Trinajstić information content (AvgIpc) is 2.76. The van der Waals surface area contributed by atoms with Crippen LogP contribution in [0.25, 0.3) is 0 Å². The van der Waals surface area contributed by atoms with Crippen LogP contribution in [0.4, 0.5) is 0 Å². The molecule has 1 aromatic rings. The van der Waals surface area contributed by atoms with Gasteiger partial charge in [0.05, 0.1) is 5.75 Å². The van der Waals surface area contributed by atoms with E-state index in [1.165, 1.54) is 0 Å². The predicted molar refractivity (Wildman–Crippen MR) is 66.7 cm³/mol. The van der Waals surface area contributed by atoms with Crippen LogP contribution in [0.2, 0.25) is 0 Å². The smallest absolute Gasteiger partial charge is 0.259 e. The Morgan fingerprint density at radius 3 is 3.06 bits per heavy atom. The van der Waals surface area contributed by atoms with Crippen molar-refractivity contribution < 1.29 is 9.63 Å². The summed E-state index contributed by atoms with van der Waals surface area (Å²) in [4.78, 5) is 4.29. The molecule has 0 radical (unpaired) electrons. The lowest BCUT2D eigenvalue weighted by atomic mass is 9.94. The third kappa shape index (κ3) is 3.20. The van der Waals surface area contributed by atoms with Crippen LogP contribution in [0, 0.1) is 0 Å². The number of aromatic nitrogens is 2. The van der Waals surface area contributed by atoms with E-state index in [9.17, 15) is 5.11 Å². The lowest BCUT2D eigenvalue weighted by molar-refractivity contribution is -0.0167. The zero-order valence-corrected chi connectivity index (χ0v) is 11.1. The quantitative estimate of drug-likeness (QED) is 0.846. The number of hydrogen-bond donors (Lipinski definition) is 2. The monoisotopic (exact) mass is 257 g/mol. The van der Waals surface area contributed by atoms with Crippen LogP contribution in [0.1, 0.15) is 38.4 Å². The molecule has 2 rings (SSSR count). The molecule has 5 nitrogen and oxygen atoms in total. The van der Waals surface area contributed by atoms with Crippen LogP contribution in [0.5, 0.6) is 0 Å². The summed E-state index contributed by atoms with van der Waals surface area (Å²) in [5.74, 6) is 1.74. The summed E-state index contributed by atoms with van der Waals surface area (Å²) in [6.07, 6.45) is 1.61. The highest BCUT2D eigenvalue weighted by Crippen LogP contribution is 2.27. The number of hydrogen-bond acceptors (Lipinski definition) is 6. The summed E-state index contributed by atoms with van der Waals surface area (Å²) in [5, 5.41) is 18.0. The Morgan fingerprint density at radius 2 is 2.41 bits per heavy atom. The van der Waals surface area contributed by atoms with Gasteiger partial charge in [0.25, 0.3) is 5.89 Å². The number of aliphatic hydroxyl groups is 1. The summed E-state index contributed by atoms with van der Waals surface area (Å²) < 4.78 is 5.17. The Bertz CT molecular complexity index is 361. The molecule has 6 heteroatoms. The summed E-state index contributed by atoms with van der Waals surface area (Å²) >= 11 is 1.76. The van der Waals surface area contributed by atoms with E-state index in [1.807, 2.05) is 0 Å². The Morgan fingerprint density at radius 1 is 1.59 bits per heavy atom. The number of thioether (sulfide) groups is 1. The molecule has 1 aliphatic heterocycles. The molecule has 1 atom stereocenters. The minimum Gasteiger partial charge on any atom is -0.379 e. The lowest BCUT2D eigenvalue weighted by Crippen LogP contribution is -2.43. The first-order chi connectivity index (χ1) is 8.10. The van der Waals surface area contributed by atoms with Crippen molar-refractivity contribution in [3.8, 4) is 0 Å². The third-order valence-corrected chi connectivity index (χ3v) is 3.86. The molecule has 1 unspecified atom stereocenters. The fraction of sp³-hybridized carbons (Fsp3) is 0.818. The molecular formula is C11H19N3O2S. The molecule has 17 heavy (non-hydrogen) atoms. The van der Waals surface area contributed by atoms with E-state index in [-0.39, 0.29) is 0 Å². The molecule has 0 amide bonds. The minimum atomic E-state index is -0.980. The molecule has 1 aromatic heterocycles. The van der Waals surface area contributed by atoms with Crippen LogP contribution < -0.4 is 5.32 Å². The Kier molecular flexibility index (Phi) is 4.06. The van der Waals surface area contributed by atoms with Crippen molar-refractivity contribution in [1.29, 1.82) is 0 Å². The third-order valence-electron chi connectivity index (χ3n) is 2.77. The molecule has 1 aliphatic rings. The molecule has 2 heterocycles. The van der Waals surface area contributed by atoms with Gasteiger partial charge in [-0.2, -0.15) is 16.7 Å². The van der Waals surface area contributed by atoms with Gasteiger partial charge in [-0.15, -0.1) is 0 Å². The summed E-state index contributed by atoms with van der Waals surface area (Å²) in [6, 6.07) is 0. The maximum Gasteiger partial charge on any atom is 0.259 e. The Labute approximate surface area is 105 Å². The normalized spacial score (nSPS) is 25.4. The van der Waals surface area contributed by atoms with Crippen molar-refractivity contribution >= 4 is 11.8 Å². The first-order valence-corrected chi connectivity index (χ1v) is 7.03. The average molecular weight is 257 g/mol. The Hall–Kier alpha value is -0.590. The van der Waals surface area contributed by atoms with Crippen LogP contribution in [0.15, 0.2) is 4.52 Å². The van der Waals surface area contributed by atoms with Gasteiger partial charge < -0.3 is 14.9 Å². The SMILES string of the molecule is CC(C)SCc1noc(C2(O)CCCNC2)n1.